The Bertz CT molecular complexity index is 6620. The van der Waals surface area contributed by atoms with E-state index in [1.54, 1.807) is 30.5 Å². The number of carbonyl (C=O) groups is 1. The lowest BCUT2D eigenvalue weighted by Crippen LogP contribution is -2.12. The summed E-state index contributed by atoms with van der Waals surface area (Å²) in [6.07, 6.45) is 43.5. The molecule has 5 aromatic heterocycles. The van der Waals surface area contributed by atoms with Gasteiger partial charge in [0.25, 0.3) is 0 Å². The van der Waals surface area contributed by atoms with Gasteiger partial charge in [-0.25, -0.2) is 24.7 Å². The molecule has 706 valence electrons. The molecule has 3 N–H and O–H groups in total. The molecular formula is C124H134N8O6. The van der Waals surface area contributed by atoms with Crippen LogP contribution in [0, 0.1) is 39.5 Å². The number of H-pyrrole nitrogens is 2. The first-order valence-electron chi connectivity index (χ1n) is 51.1. The second-order valence-electron chi connectivity index (χ2n) is 37.2. The van der Waals surface area contributed by atoms with Gasteiger partial charge in [0.1, 0.15) is 34.0 Å². The number of ether oxygens (including phenoxy) is 4. The summed E-state index contributed by atoms with van der Waals surface area (Å²) in [7, 11) is 0. The van der Waals surface area contributed by atoms with E-state index in [-0.39, 0.29) is 5.56 Å². The minimum atomic E-state index is -1.03. The molecule has 138 heavy (non-hydrogen) atoms. The Morgan fingerprint density at radius 3 is 1.18 bits per heavy atom. The van der Waals surface area contributed by atoms with Crippen LogP contribution in [0.15, 0.2) is 237 Å². The number of fused-ring (bicyclic) bond motifs is 9. The van der Waals surface area contributed by atoms with E-state index in [9.17, 15) is 9.90 Å². The summed E-state index contributed by atoms with van der Waals surface area (Å²) in [6.45, 7) is 20.0. The Hall–Kier alpha value is -13.9. The summed E-state index contributed by atoms with van der Waals surface area (Å²) in [5.74, 6) is 9.74. The third kappa shape index (κ3) is 24.2. The van der Waals surface area contributed by atoms with Crippen molar-refractivity contribution in [2.45, 2.75) is 235 Å². The summed E-state index contributed by atoms with van der Waals surface area (Å²) in [6, 6.07) is 79.4. The number of anilines is 3. The largest absolute Gasteiger partial charge is 0.493 e. The molecule has 0 spiro atoms. The molecule has 0 saturated heterocycles. The molecule has 14 heteroatoms. The first-order valence-corrected chi connectivity index (χ1v) is 51.1. The SMILES string of the molecule is CCCCCCCCCCCCOc1cccc(C)c1-c1c2nc(c(N(c3ccc(-c4ccc(C)cc4OCCCCCC)cc3)c3ccc(-c4ccc(C)cc4OCCCCCC)cc3)c3ccc([nH]3)c(-c3c(C)cccc3OCCCCCCCCCCCC)c3nc(c(C#Cc4cnc(-c5ccc(C(=O)O)cc5)c5nc(-c6ccccc6)c(-c6ccccc6)nc45)c4ccc1[nH]4)C=C3)C=C2. The number of aromatic amines is 2. The molecule has 2 aliphatic heterocycles. The molecule has 16 rings (SSSR count). The van der Waals surface area contributed by atoms with Gasteiger partial charge >= 0.3 is 5.97 Å². The summed E-state index contributed by atoms with van der Waals surface area (Å²) in [5.41, 5.74) is 27.0. The van der Waals surface area contributed by atoms with Crippen molar-refractivity contribution in [3.63, 3.8) is 0 Å². The number of nitrogens with zero attached hydrogens (tertiary/aromatic N) is 6. The van der Waals surface area contributed by atoms with Crippen LogP contribution in [0.4, 0.5) is 17.1 Å². The van der Waals surface area contributed by atoms with E-state index in [1.807, 2.05) is 48.5 Å². The topological polar surface area (TPSA) is 173 Å². The zero-order valence-corrected chi connectivity index (χ0v) is 82.1. The van der Waals surface area contributed by atoms with Crippen molar-refractivity contribution in [3.8, 4) is 113 Å². The lowest BCUT2D eigenvalue weighted by atomic mass is 9.97. The van der Waals surface area contributed by atoms with E-state index in [2.05, 4.69) is 264 Å². The van der Waals surface area contributed by atoms with Gasteiger partial charge < -0.3 is 38.9 Å². The average Bonchev–Trinajstić information content (AvgIpc) is 1.49. The zero-order chi connectivity index (χ0) is 95.3. The number of benzene rings is 9. The molecule has 9 aromatic carbocycles. The Kier molecular flexibility index (Phi) is 34.3. The number of hydrogen-bond donors (Lipinski definition) is 3. The number of rotatable bonds is 47. The van der Waals surface area contributed by atoms with Crippen molar-refractivity contribution in [1.82, 2.24) is 34.9 Å². The Labute approximate surface area is 817 Å². The first kappa shape index (κ1) is 97.2. The summed E-state index contributed by atoms with van der Waals surface area (Å²) >= 11 is 0. The fourth-order valence-corrected chi connectivity index (χ4v) is 19.0. The first-order chi connectivity index (χ1) is 67.8. The highest BCUT2D eigenvalue weighted by atomic mass is 16.5. The third-order valence-corrected chi connectivity index (χ3v) is 26.6. The van der Waals surface area contributed by atoms with Gasteiger partial charge in [-0.3, -0.25) is 4.98 Å². The Balaban J connectivity index is 0.944. The second-order valence-corrected chi connectivity index (χ2v) is 37.2. The molecule has 7 heterocycles. The van der Waals surface area contributed by atoms with Crippen LogP contribution in [0.2, 0.25) is 0 Å². The smallest absolute Gasteiger partial charge is 0.335 e. The lowest BCUT2D eigenvalue weighted by molar-refractivity contribution is 0.0696. The molecule has 14 nitrogen and oxygen atoms in total. The minimum Gasteiger partial charge on any atom is -0.493 e. The molecule has 2 aliphatic rings. The zero-order valence-electron chi connectivity index (χ0n) is 82.1. The van der Waals surface area contributed by atoms with Gasteiger partial charge in [0.2, 0.25) is 0 Å². The molecule has 0 atom stereocenters. The van der Waals surface area contributed by atoms with Gasteiger partial charge in [0, 0.05) is 78.7 Å². The number of carboxylic acid groups (broad SMARTS) is 1. The predicted octanol–water partition coefficient (Wildman–Crippen LogP) is 34.0. The van der Waals surface area contributed by atoms with Gasteiger partial charge in [-0.15, -0.1) is 0 Å². The van der Waals surface area contributed by atoms with Crippen LogP contribution >= 0.6 is 0 Å². The standard InChI is InChI=1S/C124H134N8O6/c1-9-13-17-21-23-25-27-29-31-41-79-135-110-51-43-45-88(7)114(110)116-104-73-71-102(126-104)101(70-63-96-85-125-118(94-55-57-95(58-56-94)124(133)134)122-121(96)130-119(92-47-35-33-36-48-92)120(131-122)93-49-37-34-38-50-93)103-72-74-105(127-103)117(115-89(8)46-44-52-111(115)136-80-42-32-30-28-26-24-22-18-14-10-2)107-76-78-109(129-107)123(108-77-75-106(116)128-108)132(97-64-59-90(60-65-97)99-68-53-86(5)83-112(99)137-81-39-19-15-11-3)98-66-61-91(62-67-98)100-69-54-87(6)84-113(100)138-82-40-20-16-12-4/h33-38,43-62,64-69,71-78,83-85,126,129H,9-32,39-42,79-82H2,1-8H3,(H,133,134). The van der Waals surface area contributed by atoms with Crippen molar-refractivity contribution in [3.05, 3.63) is 298 Å². The van der Waals surface area contributed by atoms with Crippen molar-refractivity contribution >= 4 is 80.4 Å². The summed E-state index contributed by atoms with van der Waals surface area (Å²) in [5, 5.41) is 10.1. The second kappa shape index (κ2) is 48.7. The van der Waals surface area contributed by atoms with E-state index in [4.69, 9.17) is 43.9 Å². The van der Waals surface area contributed by atoms with Crippen LogP contribution in [0.5, 0.6) is 23.0 Å². The van der Waals surface area contributed by atoms with E-state index in [1.165, 1.54) is 116 Å². The molecular weight excluding hydrogens is 1700 g/mol. The van der Waals surface area contributed by atoms with Gasteiger partial charge in [-0.05, 0) is 196 Å². The molecule has 0 aliphatic carbocycles. The van der Waals surface area contributed by atoms with Crippen molar-refractivity contribution in [2.24, 2.45) is 0 Å². The number of aromatic nitrogens is 7. The van der Waals surface area contributed by atoms with Gasteiger partial charge in [0.05, 0.1) is 99.7 Å². The number of aryl methyl sites for hydroxylation is 4. The van der Waals surface area contributed by atoms with Crippen LogP contribution in [0.1, 0.15) is 274 Å². The number of hydrogen-bond acceptors (Lipinski definition) is 11. The number of aromatic carboxylic acids is 1. The minimum absolute atomic E-state index is 0.156. The van der Waals surface area contributed by atoms with Crippen LogP contribution < -0.4 is 23.8 Å². The fraction of sp³-hybridized carbons (Fsp3) is 0.323. The van der Waals surface area contributed by atoms with Gasteiger partial charge in [0.15, 0.2) is 0 Å². The van der Waals surface area contributed by atoms with E-state index in [0.29, 0.717) is 93.8 Å². The van der Waals surface area contributed by atoms with Crippen LogP contribution in [0.3, 0.4) is 0 Å². The molecule has 0 unspecified atom stereocenters. The van der Waals surface area contributed by atoms with E-state index in [0.717, 1.165) is 204 Å². The normalized spacial score (nSPS) is 11.6. The Morgan fingerprint density at radius 2 is 0.717 bits per heavy atom. The molecule has 0 amide bonds. The number of nitrogens with one attached hydrogen (secondary N) is 2. The highest BCUT2D eigenvalue weighted by molar-refractivity contribution is 6.03. The lowest BCUT2D eigenvalue weighted by Gasteiger charge is -2.27. The predicted molar refractivity (Wildman–Crippen MR) is 575 cm³/mol. The van der Waals surface area contributed by atoms with E-state index >= 15 is 0 Å². The van der Waals surface area contributed by atoms with Crippen LogP contribution in [-0.2, 0) is 0 Å². The van der Waals surface area contributed by atoms with E-state index < -0.39 is 5.97 Å². The molecule has 8 bridgehead atoms. The maximum absolute atomic E-state index is 12.4. The number of carboxylic acids is 1. The average molecular weight is 1830 g/mol. The van der Waals surface area contributed by atoms with Gasteiger partial charge in [-0.2, -0.15) is 0 Å². The van der Waals surface area contributed by atoms with Gasteiger partial charge in [-0.1, -0.05) is 339 Å². The van der Waals surface area contributed by atoms with Crippen LogP contribution in [0.25, 0.3) is 136 Å². The van der Waals surface area contributed by atoms with Crippen molar-refractivity contribution in [2.75, 3.05) is 31.3 Å². The molecule has 14 aromatic rings. The maximum atomic E-state index is 12.4. The quantitative estimate of drug-likeness (QED) is 0.0244. The van der Waals surface area contributed by atoms with Crippen molar-refractivity contribution in [1.29, 1.82) is 0 Å². The third-order valence-electron chi connectivity index (χ3n) is 26.6. The highest BCUT2D eigenvalue weighted by Gasteiger charge is 2.28. The monoisotopic (exact) mass is 1830 g/mol. The summed E-state index contributed by atoms with van der Waals surface area (Å²) in [4.78, 5) is 51.4. The molecule has 0 saturated carbocycles. The number of unbranched alkanes of at least 4 members (excludes halogenated alkanes) is 24. The fourth-order valence-electron chi connectivity index (χ4n) is 19.0. The number of pyridine rings is 1. The summed E-state index contributed by atoms with van der Waals surface area (Å²) < 4.78 is 27.8. The maximum Gasteiger partial charge on any atom is 0.335 e. The molecule has 0 radical (unpaired) electrons. The molecule has 0 fully saturated rings. The van der Waals surface area contributed by atoms with Crippen LogP contribution in [-0.4, -0.2) is 72.4 Å². The van der Waals surface area contributed by atoms with Crippen molar-refractivity contribution < 1.29 is 28.8 Å². The highest BCUT2D eigenvalue weighted by Crippen LogP contribution is 2.48. The Morgan fingerprint density at radius 1 is 0.333 bits per heavy atom.